The molecule has 6 nitrogen and oxygen atoms in total. The zero-order valence-electron chi connectivity index (χ0n) is 17.3. The second-order valence-electron chi connectivity index (χ2n) is 7.35. The topological polar surface area (TPSA) is 67.4 Å². The van der Waals surface area contributed by atoms with Gasteiger partial charge in [0.05, 0.1) is 24.5 Å². The molecule has 1 aliphatic rings. The summed E-state index contributed by atoms with van der Waals surface area (Å²) in [7, 11) is 0. The Bertz CT molecular complexity index is 861. The number of thioether (sulfide) groups is 1. The van der Waals surface area contributed by atoms with Crippen molar-refractivity contribution in [2.75, 3.05) is 32.0 Å². The minimum absolute atomic E-state index is 0.0276. The summed E-state index contributed by atoms with van der Waals surface area (Å²) in [5.41, 5.74) is 2.13. The van der Waals surface area contributed by atoms with Crippen LogP contribution in [0, 0.1) is 19.7 Å². The smallest absolute Gasteiger partial charge is 0.230 e. The van der Waals surface area contributed by atoms with Gasteiger partial charge in [0.2, 0.25) is 5.91 Å². The Labute approximate surface area is 185 Å². The Morgan fingerprint density at radius 1 is 1.40 bits per heavy atom. The summed E-state index contributed by atoms with van der Waals surface area (Å²) >= 11 is 7.61. The molecule has 0 radical (unpaired) electrons. The molecule has 1 aromatic heterocycles. The van der Waals surface area contributed by atoms with Crippen molar-refractivity contribution in [2.24, 2.45) is 0 Å². The van der Waals surface area contributed by atoms with Crippen LogP contribution in [-0.4, -0.2) is 58.9 Å². The van der Waals surface area contributed by atoms with E-state index in [0.717, 1.165) is 11.4 Å². The van der Waals surface area contributed by atoms with Crippen molar-refractivity contribution in [3.63, 3.8) is 0 Å². The summed E-state index contributed by atoms with van der Waals surface area (Å²) in [4.78, 5) is 23.3. The van der Waals surface area contributed by atoms with Crippen LogP contribution in [0.15, 0.2) is 29.4 Å². The first kappa shape index (κ1) is 22.9. The van der Waals surface area contributed by atoms with E-state index in [1.165, 1.54) is 17.8 Å². The molecule has 0 aliphatic carbocycles. The molecule has 0 bridgehead atoms. The number of morpholine rings is 1. The lowest BCUT2D eigenvalue weighted by Gasteiger charge is -2.38. The molecule has 2 atom stereocenters. The van der Waals surface area contributed by atoms with Gasteiger partial charge in [0, 0.05) is 41.6 Å². The van der Waals surface area contributed by atoms with Gasteiger partial charge in [-0.1, -0.05) is 29.4 Å². The summed E-state index contributed by atoms with van der Waals surface area (Å²) in [5.74, 6) is -0.361. The number of carbonyl (C=O) groups excluding carboxylic acids is 1. The molecule has 1 fully saturated rings. The highest BCUT2D eigenvalue weighted by Gasteiger charge is 2.29. The third-order valence-electron chi connectivity index (χ3n) is 4.83. The lowest BCUT2D eigenvalue weighted by molar-refractivity contribution is -0.119. The van der Waals surface area contributed by atoms with Gasteiger partial charge in [-0.2, -0.15) is 0 Å². The summed E-state index contributed by atoms with van der Waals surface area (Å²) in [6, 6.07) is 6.16. The molecule has 1 amide bonds. The predicted octanol–water partition coefficient (Wildman–Crippen LogP) is 3.56. The van der Waals surface area contributed by atoms with Gasteiger partial charge in [0.15, 0.2) is 5.16 Å². The van der Waals surface area contributed by atoms with Crippen LogP contribution in [0.3, 0.4) is 0 Å². The third kappa shape index (κ3) is 6.14. The zero-order chi connectivity index (χ0) is 21.7. The first-order valence-electron chi connectivity index (χ1n) is 9.85. The van der Waals surface area contributed by atoms with Gasteiger partial charge in [0.1, 0.15) is 5.82 Å². The third-order valence-corrected chi connectivity index (χ3v) is 6.01. The largest absolute Gasteiger partial charge is 0.376 e. The van der Waals surface area contributed by atoms with Gasteiger partial charge >= 0.3 is 0 Å². The van der Waals surface area contributed by atoms with E-state index in [9.17, 15) is 9.18 Å². The number of hydrogen-bond donors (Lipinski definition) is 1. The van der Waals surface area contributed by atoms with Crippen LogP contribution < -0.4 is 5.32 Å². The van der Waals surface area contributed by atoms with E-state index in [2.05, 4.69) is 20.2 Å². The number of benzene rings is 1. The molecule has 1 aliphatic heterocycles. The number of ether oxygens (including phenoxy) is 1. The van der Waals surface area contributed by atoms with Crippen molar-refractivity contribution < 1.29 is 13.9 Å². The Hall–Kier alpha value is -1.74. The standard InChI is InChI=1S/C21H26ClFN4O2S/c1-13-9-14(2)26-21(25-13)30-12-19(28)24-10-18(27-7-8-29-15(3)11-27)20-16(22)5-4-6-17(20)23/h4-6,9,15,18H,7-8,10-12H2,1-3H3,(H,24,28). The first-order valence-corrected chi connectivity index (χ1v) is 11.2. The lowest BCUT2D eigenvalue weighted by Crippen LogP contribution is -2.47. The predicted molar refractivity (Wildman–Crippen MR) is 116 cm³/mol. The molecule has 30 heavy (non-hydrogen) atoms. The summed E-state index contributed by atoms with van der Waals surface area (Å²) < 4.78 is 20.3. The molecular formula is C21H26ClFN4O2S. The maximum atomic E-state index is 14.6. The summed E-state index contributed by atoms with van der Waals surface area (Å²) in [6.45, 7) is 7.84. The van der Waals surface area contributed by atoms with Crippen LogP contribution in [0.25, 0.3) is 0 Å². The molecule has 9 heteroatoms. The second-order valence-corrected chi connectivity index (χ2v) is 8.70. The van der Waals surface area contributed by atoms with E-state index in [1.807, 2.05) is 26.8 Å². The SMILES string of the molecule is Cc1cc(C)nc(SCC(=O)NCC(c2c(F)cccc2Cl)N2CCOC(C)C2)n1. The molecule has 162 valence electrons. The highest BCUT2D eigenvalue weighted by Crippen LogP contribution is 2.31. The Morgan fingerprint density at radius 2 is 2.13 bits per heavy atom. The fourth-order valence-corrected chi connectivity index (χ4v) is 4.59. The molecule has 1 aromatic carbocycles. The van der Waals surface area contributed by atoms with Gasteiger partial charge in [0.25, 0.3) is 0 Å². The molecule has 2 unspecified atom stereocenters. The molecule has 0 spiro atoms. The van der Waals surface area contributed by atoms with E-state index in [-0.39, 0.29) is 36.2 Å². The highest BCUT2D eigenvalue weighted by atomic mass is 35.5. The van der Waals surface area contributed by atoms with Gasteiger partial charge in [-0.05, 0) is 39.0 Å². The number of aromatic nitrogens is 2. The summed E-state index contributed by atoms with van der Waals surface area (Å²) in [5, 5.41) is 3.85. The van der Waals surface area contributed by atoms with E-state index in [0.29, 0.717) is 35.4 Å². The average Bonchev–Trinajstić information content (AvgIpc) is 2.68. The fourth-order valence-electron chi connectivity index (χ4n) is 3.52. The summed E-state index contributed by atoms with van der Waals surface area (Å²) in [6.07, 6.45) is 0.0276. The van der Waals surface area contributed by atoms with Crippen molar-refractivity contribution >= 4 is 29.3 Å². The van der Waals surface area contributed by atoms with E-state index in [4.69, 9.17) is 16.3 Å². The van der Waals surface area contributed by atoms with Crippen molar-refractivity contribution in [1.29, 1.82) is 0 Å². The number of aryl methyl sites for hydroxylation is 2. The van der Waals surface area contributed by atoms with Gasteiger partial charge in [-0.15, -0.1) is 0 Å². The van der Waals surface area contributed by atoms with Crippen LogP contribution in [0.2, 0.25) is 5.02 Å². The minimum Gasteiger partial charge on any atom is -0.376 e. The Morgan fingerprint density at radius 3 is 2.80 bits per heavy atom. The van der Waals surface area contributed by atoms with Gasteiger partial charge in [-0.3, -0.25) is 9.69 Å². The number of carbonyl (C=O) groups is 1. The van der Waals surface area contributed by atoms with Crippen LogP contribution in [0.1, 0.15) is 29.9 Å². The average molecular weight is 453 g/mol. The molecule has 1 saturated heterocycles. The highest BCUT2D eigenvalue weighted by molar-refractivity contribution is 7.99. The molecule has 1 N–H and O–H groups in total. The first-order chi connectivity index (χ1) is 14.3. The maximum absolute atomic E-state index is 14.6. The van der Waals surface area contributed by atoms with E-state index >= 15 is 0 Å². The van der Waals surface area contributed by atoms with E-state index in [1.54, 1.807) is 12.1 Å². The number of nitrogens with one attached hydrogen (secondary N) is 1. The fraction of sp³-hybridized carbons (Fsp3) is 0.476. The number of rotatable bonds is 7. The van der Waals surface area contributed by atoms with Crippen molar-refractivity contribution in [3.05, 3.63) is 52.1 Å². The Balaban J connectivity index is 1.67. The van der Waals surface area contributed by atoms with Crippen LogP contribution in [0.5, 0.6) is 0 Å². The van der Waals surface area contributed by atoms with Crippen molar-refractivity contribution in [3.8, 4) is 0 Å². The number of amides is 1. The molecule has 2 aromatic rings. The molecule has 2 heterocycles. The van der Waals surface area contributed by atoms with Gasteiger partial charge < -0.3 is 10.1 Å². The maximum Gasteiger partial charge on any atom is 0.230 e. The van der Waals surface area contributed by atoms with Crippen LogP contribution >= 0.6 is 23.4 Å². The number of halogens is 2. The normalized spacial score (nSPS) is 18.2. The van der Waals surface area contributed by atoms with Crippen molar-refractivity contribution in [1.82, 2.24) is 20.2 Å². The lowest BCUT2D eigenvalue weighted by atomic mass is 10.0. The Kier molecular flexibility index (Phi) is 8.05. The monoisotopic (exact) mass is 452 g/mol. The van der Waals surface area contributed by atoms with E-state index < -0.39 is 0 Å². The van der Waals surface area contributed by atoms with Crippen LogP contribution in [0.4, 0.5) is 4.39 Å². The quantitative estimate of drug-likeness (QED) is 0.512. The van der Waals surface area contributed by atoms with Gasteiger partial charge in [-0.25, -0.2) is 14.4 Å². The van der Waals surface area contributed by atoms with Crippen molar-refractivity contribution in [2.45, 2.75) is 38.1 Å². The zero-order valence-corrected chi connectivity index (χ0v) is 18.9. The van der Waals surface area contributed by atoms with Crippen LogP contribution in [-0.2, 0) is 9.53 Å². The molecule has 3 rings (SSSR count). The number of nitrogens with zero attached hydrogens (tertiary/aromatic N) is 3. The molecular weight excluding hydrogens is 427 g/mol. The minimum atomic E-state index is -0.378. The molecule has 0 saturated carbocycles. The second kappa shape index (κ2) is 10.5. The number of hydrogen-bond acceptors (Lipinski definition) is 6.